The van der Waals surface area contributed by atoms with Crippen molar-refractivity contribution < 1.29 is 19.1 Å². The van der Waals surface area contributed by atoms with Crippen LogP contribution in [0.5, 0.6) is 0 Å². The van der Waals surface area contributed by atoms with E-state index in [1.165, 1.54) is 7.11 Å². The number of nitrogens with zero attached hydrogens (tertiary/aromatic N) is 1. The molecular formula is C15H17NO4. The van der Waals surface area contributed by atoms with Crippen molar-refractivity contribution >= 4 is 18.2 Å². The van der Waals surface area contributed by atoms with Gasteiger partial charge in [-0.25, -0.2) is 4.79 Å². The number of hydrogen-bond acceptors (Lipinski definition) is 4. The molecule has 1 aromatic carbocycles. The normalized spacial score (nSPS) is 18.1. The molecule has 1 unspecified atom stereocenters. The molecule has 2 rings (SSSR count). The second-order valence-electron chi connectivity index (χ2n) is 4.77. The molecule has 0 bridgehead atoms. The molecule has 20 heavy (non-hydrogen) atoms. The number of methoxy groups -OCH3 is 1. The zero-order chi connectivity index (χ0) is 14.5. The molecule has 0 N–H and O–H groups in total. The Bertz CT molecular complexity index is 509. The lowest BCUT2D eigenvalue weighted by molar-refractivity contribution is -0.131. The van der Waals surface area contributed by atoms with E-state index >= 15 is 0 Å². The van der Waals surface area contributed by atoms with E-state index in [4.69, 9.17) is 0 Å². The summed E-state index contributed by atoms with van der Waals surface area (Å²) in [5.74, 6) is -0.333. The molecule has 1 aliphatic rings. The third-order valence-electron chi connectivity index (χ3n) is 3.55. The van der Waals surface area contributed by atoms with Crippen molar-refractivity contribution in [3.63, 3.8) is 0 Å². The number of esters is 1. The number of amides is 1. The summed E-state index contributed by atoms with van der Waals surface area (Å²) >= 11 is 0. The Morgan fingerprint density at radius 3 is 2.70 bits per heavy atom. The molecule has 0 radical (unpaired) electrons. The molecule has 1 heterocycles. The zero-order valence-electron chi connectivity index (χ0n) is 11.4. The summed E-state index contributed by atoms with van der Waals surface area (Å²) in [6.45, 7) is 0.528. The molecule has 0 saturated carbocycles. The Balaban J connectivity index is 1.95. The van der Waals surface area contributed by atoms with Gasteiger partial charge in [-0.05, 0) is 30.5 Å². The molecule has 1 amide bonds. The number of ether oxygens (including phenoxy) is 1. The summed E-state index contributed by atoms with van der Waals surface area (Å²) in [5.41, 5.74) is 1.52. The van der Waals surface area contributed by atoms with Crippen LogP contribution in [-0.4, -0.2) is 42.8 Å². The van der Waals surface area contributed by atoms with Gasteiger partial charge in [0.2, 0.25) is 5.91 Å². The van der Waals surface area contributed by atoms with E-state index in [0.29, 0.717) is 31.4 Å². The summed E-state index contributed by atoms with van der Waals surface area (Å²) in [7, 11) is 1.34. The topological polar surface area (TPSA) is 63.7 Å². The van der Waals surface area contributed by atoms with Gasteiger partial charge in [-0.15, -0.1) is 0 Å². The van der Waals surface area contributed by atoms with E-state index in [0.717, 1.165) is 11.8 Å². The van der Waals surface area contributed by atoms with E-state index in [1.54, 1.807) is 17.0 Å². The largest absolute Gasteiger partial charge is 0.465 e. The Kier molecular flexibility index (Phi) is 4.50. The van der Waals surface area contributed by atoms with Gasteiger partial charge in [0.15, 0.2) is 0 Å². The van der Waals surface area contributed by atoms with Crippen LogP contribution in [0.2, 0.25) is 0 Å². The van der Waals surface area contributed by atoms with Crippen LogP contribution in [0.25, 0.3) is 0 Å². The van der Waals surface area contributed by atoms with Crippen molar-refractivity contribution in [3.8, 4) is 0 Å². The van der Waals surface area contributed by atoms with Crippen LogP contribution in [0.15, 0.2) is 24.3 Å². The first-order chi connectivity index (χ1) is 9.65. The highest BCUT2D eigenvalue weighted by Gasteiger charge is 2.29. The molecule has 5 nitrogen and oxygen atoms in total. The minimum absolute atomic E-state index is 0.0354. The van der Waals surface area contributed by atoms with Gasteiger partial charge in [-0.3, -0.25) is 4.79 Å². The van der Waals surface area contributed by atoms with Crippen molar-refractivity contribution in [1.29, 1.82) is 0 Å². The summed E-state index contributed by atoms with van der Waals surface area (Å²) < 4.78 is 4.63. The fourth-order valence-electron chi connectivity index (χ4n) is 2.36. The van der Waals surface area contributed by atoms with Crippen molar-refractivity contribution in [2.75, 3.05) is 13.7 Å². The van der Waals surface area contributed by atoms with Gasteiger partial charge < -0.3 is 14.4 Å². The standard InChI is InChI=1S/C15H17NO4/c1-20-15(19)12-4-2-11(3-5-12)8-9-16-13(10-17)6-7-14(16)18/h2-5,10,13H,6-9H2,1H3. The van der Waals surface area contributed by atoms with Gasteiger partial charge in [0, 0.05) is 13.0 Å². The van der Waals surface area contributed by atoms with Gasteiger partial charge in [0.1, 0.15) is 6.29 Å². The molecule has 1 saturated heterocycles. The lowest BCUT2D eigenvalue weighted by Crippen LogP contribution is -2.35. The van der Waals surface area contributed by atoms with E-state index < -0.39 is 0 Å². The number of hydrogen-bond donors (Lipinski definition) is 0. The highest BCUT2D eigenvalue weighted by molar-refractivity contribution is 5.89. The fraction of sp³-hybridized carbons (Fsp3) is 0.400. The quantitative estimate of drug-likeness (QED) is 0.598. The van der Waals surface area contributed by atoms with Gasteiger partial charge in [-0.2, -0.15) is 0 Å². The minimum Gasteiger partial charge on any atom is -0.465 e. The molecule has 1 fully saturated rings. The van der Waals surface area contributed by atoms with Gasteiger partial charge in [0.25, 0.3) is 0 Å². The van der Waals surface area contributed by atoms with Crippen molar-refractivity contribution in [3.05, 3.63) is 35.4 Å². The summed E-state index contributed by atoms with van der Waals surface area (Å²) in [4.78, 5) is 35.5. The molecule has 106 valence electrons. The molecule has 1 aromatic rings. The van der Waals surface area contributed by atoms with Gasteiger partial charge in [-0.1, -0.05) is 12.1 Å². The first-order valence-electron chi connectivity index (χ1n) is 6.57. The summed E-state index contributed by atoms with van der Waals surface area (Å²) in [6, 6.07) is 6.79. The van der Waals surface area contributed by atoms with Crippen molar-refractivity contribution in [2.24, 2.45) is 0 Å². The zero-order valence-corrected chi connectivity index (χ0v) is 11.4. The number of benzene rings is 1. The Morgan fingerprint density at radius 2 is 2.10 bits per heavy atom. The molecule has 0 aromatic heterocycles. The summed E-state index contributed by atoms with van der Waals surface area (Å²) in [6.07, 6.45) is 2.57. The Hall–Kier alpha value is -2.17. The van der Waals surface area contributed by atoms with Crippen LogP contribution in [0.1, 0.15) is 28.8 Å². The Morgan fingerprint density at radius 1 is 1.40 bits per heavy atom. The number of aldehydes is 1. The van der Waals surface area contributed by atoms with Crippen LogP contribution in [0.4, 0.5) is 0 Å². The molecule has 0 spiro atoms. The number of likely N-dealkylation sites (tertiary alicyclic amines) is 1. The van der Waals surface area contributed by atoms with Crippen LogP contribution in [0.3, 0.4) is 0 Å². The smallest absolute Gasteiger partial charge is 0.337 e. The first kappa shape index (κ1) is 14.2. The molecule has 1 atom stereocenters. The van der Waals surface area contributed by atoms with E-state index in [2.05, 4.69) is 4.74 Å². The molecular weight excluding hydrogens is 258 g/mol. The van der Waals surface area contributed by atoms with E-state index in [9.17, 15) is 14.4 Å². The van der Waals surface area contributed by atoms with Gasteiger partial charge >= 0.3 is 5.97 Å². The van der Waals surface area contributed by atoms with Crippen LogP contribution >= 0.6 is 0 Å². The van der Waals surface area contributed by atoms with E-state index in [1.807, 2.05) is 12.1 Å². The number of rotatable bonds is 5. The highest BCUT2D eigenvalue weighted by atomic mass is 16.5. The highest BCUT2D eigenvalue weighted by Crippen LogP contribution is 2.17. The number of carbonyl (C=O) groups excluding carboxylic acids is 3. The van der Waals surface area contributed by atoms with Crippen molar-refractivity contribution in [1.82, 2.24) is 4.90 Å². The summed E-state index contributed by atoms with van der Waals surface area (Å²) in [5, 5.41) is 0. The van der Waals surface area contributed by atoms with Crippen LogP contribution in [0, 0.1) is 0 Å². The maximum Gasteiger partial charge on any atom is 0.337 e. The maximum atomic E-state index is 11.7. The fourth-order valence-corrected chi connectivity index (χ4v) is 2.36. The van der Waals surface area contributed by atoms with E-state index in [-0.39, 0.29) is 17.9 Å². The number of carbonyl (C=O) groups is 3. The average molecular weight is 275 g/mol. The second kappa shape index (κ2) is 6.32. The first-order valence-corrected chi connectivity index (χ1v) is 6.57. The van der Waals surface area contributed by atoms with Crippen molar-refractivity contribution in [2.45, 2.75) is 25.3 Å². The molecule has 1 aliphatic heterocycles. The van der Waals surface area contributed by atoms with Crippen LogP contribution < -0.4 is 0 Å². The third kappa shape index (κ3) is 3.04. The lowest BCUT2D eigenvalue weighted by Gasteiger charge is -2.20. The van der Waals surface area contributed by atoms with Gasteiger partial charge in [0.05, 0.1) is 18.7 Å². The monoisotopic (exact) mass is 275 g/mol. The molecule has 5 heteroatoms. The predicted molar refractivity (Wildman–Crippen MR) is 72.3 cm³/mol. The van der Waals surface area contributed by atoms with Crippen LogP contribution in [-0.2, 0) is 20.7 Å². The minimum atomic E-state index is -0.368. The SMILES string of the molecule is COC(=O)c1ccc(CCN2C(=O)CCC2C=O)cc1. The maximum absolute atomic E-state index is 11.7. The predicted octanol–water partition coefficient (Wildman–Crippen LogP) is 1.21. The third-order valence-corrected chi connectivity index (χ3v) is 3.55. The lowest BCUT2D eigenvalue weighted by atomic mass is 10.1. The second-order valence-corrected chi connectivity index (χ2v) is 4.77. The Labute approximate surface area is 117 Å². The average Bonchev–Trinajstić information content (AvgIpc) is 2.85. The molecule has 0 aliphatic carbocycles.